The molecule has 1 aromatic carbocycles. The lowest BCUT2D eigenvalue weighted by atomic mass is 10.2. The maximum absolute atomic E-state index is 11.9. The van der Waals surface area contributed by atoms with Crippen LogP contribution in [0.3, 0.4) is 0 Å². The molecule has 1 atom stereocenters. The molecule has 112 valence electrons. The predicted octanol–water partition coefficient (Wildman–Crippen LogP) is 3.87. The Morgan fingerprint density at radius 1 is 1.19 bits per heavy atom. The molecule has 5 heteroatoms. The van der Waals surface area contributed by atoms with E-state index in [9.17, 15) is 4.79 Å². The van der Waals surface area contributed by atoms with Gasteiger partial charge in [-0.2, -0.15) is 0 Å². The standard InChI is InChI=1S/C16H20N2O2S/c1-11-4-7-13(8-5-11)18-16(19)17-10-14(20-3)15-9-6-12(2)21-15/h4-9,14H,10H2,1-3H3,(H2,17,18,19). The van der Waals surface area contributed by atoms with Crippen molar-refractivity contribution in [1.29, 1.82) is 0 Å². The molecule has 1 heterocycles. The number of benzene rings is 1. The molecule has 2 amide bonds. The number of carbonyl (C=O) groups is 1. The van der Waals surface area contributed by atoms with Crippen LogP contribution in [0.15, 0.2) is 36.4 Å². The summed E-state index contributed by atoms with van der Waals surface area (Å²) in [7, 11) is 1.65. The van der Waals surface area contributed by atoms with Crippen LogP contribution in [0, 0.1) is 13.8 Å². The van der Waals surface area contributed by atoms with Crippen LogP contribution in [0.4, 0.5) is 10.5 Å². The third kappa shape index (κ3) is 4.58. The van der Waals surface area contributed by atoms with Crippen molar-refractivity contribution in [3.8, 4) is 0 Å². The average molecular weight is 304 g/mol. The van der Waals surface area contributed by atoms with Gasteiger partial charge in [0.25, 0.3) is 0 Å². The minimum Gasteiger partial charge on any atom is -0.374 e. The summed E-state index contributed by atoms with van der Waals surface area (Å²) < 4.78 is 5.43. The number of hydrogen-bond donors (Lipinski definition) is 2. The van der Waals surface area contributed by atoms with E-state index in [-0.39, 0.29) is 12.1 Å². The van der Waals surface area contributed by atoms with E-state index in [0.29, 0.717) is 6.54 Å². The topological polar surface area (TPSA) is 50.4 Å². The number of aryl methyl sites for hydroxylation is 2. The molecular weight excluding hydrogens is 284 g/mol. The predicted molar refractivity (Wildman–Crippen MR) is 87.0 cm³/mol. The van der Waals surface area contributed by atoms with Gasteiger partial charge in [0.05, 0.1) is 6.54 Å². The molecule has 21 heavy (non-hydrogen) atoms. The number of ether oxygens (including phenoxy) is 1. The molecule has 2 aromatic rings. The van der Waals surface area contributed by atoms with Crippen molar-refractivity contribution in [2.24, 2.45) is 0 Å². The van der Waals surface area contributed by atoms with E-state index in [1.165, 1.54) is 4.88 Å². The number of amides is 2. The highest BCUT2D eigenvalue weighted by molar-refractivity contribution is 7.12. The first-order valence-electron chi connectivity index (χ1n) is 6.79. The first-order valence-corrected chi connectivity index (χ1v) is 7.61. The molecule has 0 aliphatic carbocycles. The fourth-order valence-corrected chi connectivity index (χ4v) is 2.88. The smallest absolute Gasteiger partial charge is 0.319 e. The maximum Gasteiger partial charge on any atom is 0.319 e. The van der Waals surface area contributed by atoms with Crippen molar-refractivity contribution in [1.82, 2.24) is 5.32 Å². The quantitative estimate of drug-likeness (QED) is 0.881. The molecule has 0 aliphatic rings. The van der Waals surface area contributed by atoms with Gasteiger partial charge in [0.2, 0.25) is 0 Å². The van der Waals surface area contributed by atoms with Gasteiger partial charge in [-0.1, -0.05) is 17.7 Å². The van der Waals surface area contributed by atoms with Crippen LogP contribution in [-0.2, 0) is 4.74 Å². The van der Waals surface area contributed by atoms with Crippen LogP contribution in [-0.4, -0.2) is 19.7 Å². The molecule has 2 rings (SSSR count). The van der Waals surface area contributed by atoms with Crippen molar-refractivity contribution in [2.45, 2.75) is 20.0 Å². The zero-order valence-corrected chi connectivity index (χ0v) is 13.3. The van der Waals surface area contributed by atoms with Gasteiger partial charge in [-0.05, 0) is 38.1 Å². The van der Waals surface area contributed by atoms with Crippen molar-refractivity contribution >= 4 is 23.1 Å². The lowest BCUT2D eigenvalue weighted by Crippen LogP contribution is -2.32. The van der Waals surface area contributed by atoms with E-state index in [1.807, 2.05) is 37.3 Å². The fourth-order valence-electron chi connectivity index (χ4n) is 1.92. The lowest BCUT2D eigenvalue weighted by molar-refractivity contribution is 0.107. The molecule has 4 nitrogen and oxygen atoms in total. The van der Waals surface area contributed by atoms with Crippen LogP contribution >= 0.6 is 11.3 Å². The molecule has 0 fully saturated rings. The monoisotopic (exact) mass is 304 g/mol. The molecule has 1 unspecified atom stereocenters. The highest BCUT2D eigenvalue weighted by atomic mass is 32.1. The SMILES string of the molecule is COC(CNC(=O)Nc1ccc(C)cc1)c1ccc(C)s1. The molecule has 0 saturated carbocycles. The number of anilines is 1. The Labute approximate surface area is 129 Å². The normalized spacial score (nSPS) is 12.0. The fraction of sp³-hybridized carbons (Fsp3) is 0.312. The second-order valence-corrected chi connectivity index (χ2v) is 6.19. The van der Waals surface area contributed by atoms with Gasteiger partial charge < -0.3 is 15.4 Å². The van der Waals surface area contributed by atoms with E-state index in [4.69, 9.17) is 4.74 Å². The Bertz CT molecular complexity index is 593. The van der Waals surface area contributed by atoms with Crippen LogP contribution in [0.5, 0.6) is 0 Å². The molecule has 0 radical (unpaired) electrons. The highest BCUT2D eigenvalue weighted by Crippen LogP contribution is 2.24. The number of rotatable bonds is 5. The van der Waals surface area contributed by atoms with Gasteiger partial charge in [0.1, 0.15) is 6.10 Å². The van der Waals surface area contributed by atoms with Crippen LogP contribution in [0.1, 0.15) is 21.4 Å². The summed E-state index contributed by atoms with van der Waals surface area (Å²) in [6.45, 7) is 4.50. The molecule has 0 bridgehead atoms. The Balaban J connectivity index is 1.86. The van der Waals surface area contributed by atoms with Crippen molar-refractivity contribution < 1.29 is 9.53 Å². The van der Waals surface area contributed by atoms with Crippen LogP contribution in [0.2, 0.25) is 0 Å². The summed E-state index contributed by atoms with van der Waals surface area (Å²) in [6, 6.07) is 11.5. The van der Waals surface area contributed by atoms with E-state index in [2.05, 4.69) is 23.6 Å². The van der Waals surface area contributed by atoms with E-state index < -0.39 is 0 Å². The van der Waals surface area contributed by atoms with Gasteiger partial charge >= 0.3 is 6.03 Å². The highest BCUT2D eigenvalue weighted by Gasteiger charge is 2.13. The number of urea groups is 1. The summed E-state index contributed by atoms with van der Waals surface area (Å²) in [5.41, 5.74) is 1.94. The number of carbonyl (C=O) groups excluding carboxylic acids is 1. The van der Waals surface area contributed by atoms with Gasteiger partial charge in [-0.3, -0.25) is 0 Å². The molecule has 0 spiro atoms. The minimum atomic E-state index is -0.228. The van der Waals surface area contributed by atoms with E-state index >= 15 is 0 Å². The largest absolute Gasteiger partial charge is 0.374 e. The third-order valence-electron chi connectivity index (χ3n) is 3.12. The Kier molecular flexibility index (Phi) is 5.36. The van der Waals surface area contributed by atoms with Gasteiger partial charge in [-0.25, -0.2) is 4.79 Å². The van der Waals surface area contributed by atoms with E-state index in [0.717, 1.165) is 16.1 Å². The average Bonchev–Trinajstić information content (AvgIpc) is 2.89. The first kappa shape index (κ1) is 15.5. The second-order valence-electron chi connectivity index (χ2n) is 4.87. The summed E-state index contributed by atoms with van der Waals surface area (Å²) in [5, 5.41) is 5.64. The summed E-state index contributed by atoms with van der Waals surface area (Å²) in [5.74, 6) is 0. The summed E-state index contributed by atoms with van der Waals surface area (Å²) >= 11 is 1.68. The second kappa shape index (κ2) is 7.24. The molecule has 1 aromatic heterocycles. The Morgan fingerprint density at radius 3 is 2.48 bits per heavy atom. The van der Waals surface area contributed by atoms with Crippen molar-refractivity contribution in [2.75, 3.05) is 19.0 Å². The molecule has 0 saturated heterocycles. The third-order valence-corrected chi connectivity index (χ3v) is 4.21. The Hall–Kier alpha value is -1.85. The number of thiophene rings is 1. The van der Waals surface area contributed by atoms with Gasteiger partial charge in [0, 0.05) is 22.6 Å². The van der Waals surface area contributed by atoms with Crippen LogP contribution < -0.4 is 10.6 Å². The van der Waals surface area contributed by atoms with Crippen molar-refractivity contribution in [3.63, 3.8) is 0 Å². The van der Waals surface area contributed by atoms with Crippen LogP contribution in [0.25, 0.3) is 0 Å². The van der Waals surface area contributed by atoms with Crippen molar-refractivity contribution in [3.05, 3.63) is 51.7 Å². The number of hydrogen-bond acceptors (Lipinski definition) is 3. The molecular formula is C16H20N2O2S. The van der Waals surface area contributed by atoms with Gasteiger partial charge in [0.15, 0.2) is 0 Å². The number of methoxy groups -OCH3 is 1. The summed E-state index contributed by atoms with van der Waals surface area (Å²) in [6.07, 6.45) is -0.118. The zero-order valence-electron chi connectivity index (χ0n) is 12.5. The number of nitrogens with one attached hydrogen (secondary N) is 2. The maximum atomic E-state index is 11.9. The van der Waals surface area contributed by atoms with Gasteiger partial charge in [-0.15, -0.1) is 11.3 Å². The lowest BCUT2D eigenvalue weighted by Gasteiger charge is -2.15. The molecule has 2 N–H and O–H groups in total. The summed E-state index contributed by atoms with van der Waals surface area (Å²) in [4.78, 5) is 14.2. The first-order chi connectivity index (χ1) is 10.1. The van der Waals surface area contributed by atoms with E-state index in [1.54, 1.807) is 18.4 Å². The Morgan fingerprint density at radius 2 is 1.90 bits per heavy atom. The minimum absolute atomic E-state index is 0.118. The zero-order chi connectivity index (χ0) is 15.2. The molecule has 0 aliphatic heterocycles.